The summed E-state index contributed by atoms with van der Waals surface area (Å²) >= 11 is 0. The van der Waals surface area contributed by atoms with Crippen LogP contribution in [0.15, 0.2) is 22.9 Å². The van der Waals surface area contributed by atoms with Crippen LogP contribution >= 0.6 is 0 Å². The maximum Gasteiger partial charge on any atom is 0.315 e. The van der Waals surface area contributed by atoms with Crippen LogP contribution in [-0.2, 0) is 10.2 Å². The first-order chi connectivity index (χ1) is 11.5. The summed E-state index contributed by atoms with van der Waals surface area (Å²) in [5, 5.41) is 11.4. The number of morpholine rings is 1. The Kier molecular flexibility index (Phi) is 5.11. The molecule has 3 heterocycles. The van der Waals surface area contributed by atoms with Gasteiger partial charge in [0.15, 0.2) is 0 Å². The van der Waals surface area contributed by atoms with Crippen molar-refractivity contribution in [3.8, 4) is 11.5 Å². The number of ether oxygens (including phenoxy) is 1. The Bertz CT molecular complexity index is 659. The molecule has 1 N–H and O–H groups in total. The average molecular weight is 331 g/mol. The summed E-state index contributed by atoms with van der Waals surface area (Å²) in [5.74, 6) is 0.488. The fraction of sp³-hybridized carbons (Fsp3) is 0.588. The predicted octanol–water partition coefficient (Wildman–Crippen LogP) is 2.17. The van der Waals surface area contributed by atoms with E-state index in [4.69, 9.17) is 9.15 Å². The molecule has 7 heteroatoms. The van der Waals surface area contributed by atoms with Crippen LogP contribution in [0.2, 0.25) is 0 Å². The smallest absolute Gasteiger partial charge is 0.315 e. The first-order valence-corrected chi connectivity index (χ1v) is 8.36. The third-order valence-electron chi connectivity index (χ3n) is 4.08. The zero-order valence-electron chi connectivity index (χ0n) is 14.6. The van der Waals surface area contributed by atoms with Crippen LogP contribution in [0.1, 0.15) is 26.3 Å². The molecule has 1 aliphatic rings. The van der Waals surface area contributed by atoms with Gasteiger partial charge < -0.3 is 14.5 Å². The molecule has 0 radical (unpaired) electrons. The molecule has 0 bridgehead atoms. The van der Waals surface area contributed by atoms with Crippen molar-refractivity contribution < 1.29 is 9.15 Å². The van der Waals surface area contributed by atoms with Crippen LogP contribution in [0.5, 0.6) is 0 Å². The maximum atomic E-state index is 5.71. The van der Waals surface area contributed by atoms with E-state index in [1.54, 1.807) is 6.20 Å². The standard InChI is InChI=1S/C17H25N5O2/c1-17(2,3)14-10-13(11-18-12-14)15-20-21-16(24-15)19-4-5-22-6-8-23-9-7-22/h10-12H,4-9H2,1-3H3,(H,19,21). The first kappa shape index (κ1) is 16.9. The SMILES string of the molecule is CC(C)(C)c1cncc(-c2nnc(NCCN3CCOCC3)o2)c1. The Balaban J connectivity index is 1.59. The van der Waals surface area contributed by atoms with Crippen molar-refractivity contribution in [2.45, 2.75) is 26.2 Å². The fourth-order valence-corrected chi connectivity index (χ4v) is 2.52. The van der Waals surface area contributed by atoms with Crippen molar-refractivity contribution in [2.75, 3.05) is 44.7 Å². The van der Waals surface area contributed by atoms with E-state index in [0.29, 0.717) is 11.9 Å². The quantitative estimate of drug-likeness (QED) is 0.900. The molecule has 0 saturated carbocycles. The number of pyridine rings is 1. The number of aromatic nitrogens is 3. The van der Waals surface area contributed by atoms with Gasteiger partial charge >= 0.3 is 6.01 Å². The molecule has 1 fully saturated rings. The van der Waals surface area contributed by atoms with Gasteiger partial charge in [0.2, 0.25) is 0 Å². The van der Waals surface area contributed by atoms with Gasteiger partial charge in [-0.05, 0) is 17.0 Å². The van der Waals surface area contributed by atoms with Crippen molar-refractivity contribution in [3.63, 3.8) is 0 Å². The molecular weight excluding hydrogens is 306 g/mol. The van der Waals surface area contributed by atoms with Gasteiger partial charge in [0.05, 0.1) is 18.8 Å². The van der Waals surface area contributed by atoms with Crippen LogP contribution in [0.25, 0.3) is 11.5 Å². The van der Waals surface area contributed by atoms with Gasteiger partial charge in [0.25, 0.3) is 5.89 Å². The summed E-state index contributed by atoms with van der Waals surface area (Å²) in [4.78, 5) is 6.65. The summed E-state index contributed by atoms with van der Waals surface area (Å²) in [6, 6.07) is 2.50. The highest BCUT2D eigenvalue weighted by atomic mass is 16.5. The van der Waals surface area contributed by atoms with E-state index in [1.165, 1.54) is 0 Å². The third kappa shape index (κ3) is 4.30. The Morgan fingerprint density at radius 3 is 2.71 bits per heavy atom. The van der Waals surface area contributed by atoms with Gasteiger partial charge in [-0.15, -0.1) is 5.10 Å². The first-order valence-electron chi connectivity index (χ1n) is 8.36. The van der Waals surface area contributed by atoms with E-state index >= 15 is 0 Å². The lowest BCUT2D eigenvalue weighted by Crippen LogP contribution is -2.39. The molecule has 3 rings (SSSR count). The minimum atomic E-state index is 0.0300. The van der Waals surface area contributed by atoms with Crippen molar-refractivity contribution in [2.24, 2.45) is 0 Å². The van der Waals surface area contributed by atoms with Crippen molar-refractivity contribution in [1.82, 2.24) is 20.1 Å². The molecule has 0 aromatic carbocycles. The average Bonchev–Trinajstić information content (AvgIpc) is 3.04. The molecule has 0 spiro atoms. The molecule has 24 heavy (non-hydrogen) atoms. The summed E-state index contributed by atoms with van der Waals surface area (Å²) in [6.07, 6.45) is 3.63. The van der Waals surface area contributed by atoms with Crippen molar-refractivity contribution in [1.29, 1.82) is 0 Å². The molecule has 0 unspecified atom stereocenters. The van der Waals surface area contributed by atoms with E-state index in [-0.39, 0.29) is 5.41 Å². The lowest BCUT2D eigenvalue weighted by Gasteiger charge is -2.26. The minimum Gasteiger partial charge on any atom is -0.403 e. The Hall–Kier alpha value is -1.99. The van der Waals surface area contributed by atoms with Crippen molar-refractivity contribution >= 4 is 6.01 Å². The molecule has 0 amide bonds. The number of rotatable bonds is 5. The van der Waals surface area contributed by atoms with Gasteiger partial charge in [0.1, 0.15) is 0 Å². The largest absolute Gasteiger partial charge is 0.403 e. The van der Waals surface area contributed by atoms with E-state index < -0.39 is 0 Å². The number of hydrogen-bond donors (Lipinski definition) is 1. The van der Waals surface area contributed by atoms with Crippen LogP contribution in [0.3, 0.4) is 0 Å². The lowest BCUT2D eigenvalue weighted by molar-refractivity contribution is 0.0398. The highest BCUT2D eigenvalue weighted by Gasteiger charge is 2.17. The molecule has 130 valence electrons. The zero-order chi connectivity index (χ0) is 17.0. The second-order valence-electron chi connectivity index (χ2n) is 7.01. The highest BCUT2D eigenvalue weighted by molar-refractivity contribution is 5.53. The fourth-order valence-electron chi connectivity index (χ4n) is 2.52. The summed E-state index contributed by atoms with van der Waals surface area (Å²) in [6.45, 7) is 11.7. The predicted molar refractivity (Wildman–Crippen MR) is 92.0 cm³/mol. The Labute approximate surface area is 142 Å². The molecule has 2 aromatic heterocycles. The number of nitrogens with zero attached hydrogens (tertiary/aromatic N) is 4. The van der Waals surface area contributed by atoms with Gasteiger partial charge in [-0.2, -0.15) is 0 Å². The molecule has 1 aliphatic heterocycles. The molecule has 1 saturated heterocycles. The van der Waals surface area contributed by atoms with E-state index in [1.807, 2.05) is 6.20 Å². The van der Waals surface area contributed by atoms with Gasteiger partial charge in [-0.1, -0.05) is 25.9 Å². The minimum absolute atomic E-state index is 0.0300. The topological polar surface area (TPSA) is 76.3 Å². The molecule has 2 aromatic rings. The second kappa shape index (κ2) is 7.27. The second-order valence-corrected chi connectivity index (χ2v) is 7.01. The maximum absolute atomic E-state index is 5.71. The molecule has 0 atom stereocenters. The van der Waals surface area contributed by atoms with Crippen LogP contribution < -0.4 is 5.32 Å². The number of anilines is 1. The highest BCUT2D eigenvalue weighted by Crippen LogP contribution is 2.26. The Morgan fingerprint density at radius 2 is 1.96 bits per heavy atom. The normalized spacial score (nSPS) is 16.3. The van der Waals surface area contributed by atoms with Crippen LogP contribution in [0.4, 0.5) is 6.01 Å². The summed E-state index contributed by atoms with van der Waals surface area (Å²) in [7, 11) is 0. The van der Waals surface area contributed by atoms with Crippen LogP contribution in [0, 0.1) is 0 Å². The monoisotopic (exact) mass is 331 g/mol. The van der Waals surface area contributed by atoms with E-state index in [9.17, 15) is 0 Å². The molecular formula is C17H25N5O2. The summed E-state index contributed by atoms with van der Waals surface area (Å²) in [5.41, 5.74) is 2.01. The summed E-state index contributed by atoms with van der Waals surface area (Å²) < 4.78 is 11.1. The molecule has 7 nitrogen and oxygen atoms in total. The lowest BCUT2D eigenvalue weighted by atomic mass is 9.88. The van der Waals surface area contributed by atoms with Gasteiger partial charge in [-0.3, -0.25) is 9.88 Å². The van der Waals surface area contributed by atoms with Crippen molar-refractivity contribution in [3.05, 3.63) is 24.0 Å². The zero-order valence-corrected chi connectivity index (χ0v) is 14.6. The number of hydrogen-bond acceptors (Lipinski definition) is 7. The van der Waals surface area contributed by atoms with E-state index in [2.05, 4.69) is 52.2 Å². The number of nitrogens with one attached hydrogen (secondary N) is 1. The van der Waals surface area contributed by atoms with Gasteiger partial charge in [0, 0.05) is 38.6 Å². The third-order valence-corrected chi connectivity index (χ3v) is 4.08. The van der Waals surface area contributed by atoms with Gasteiger partial charge in [-0.25, -0.2) is 0 Å². The van der Waals surface area contributed by atoms with Crippen LogP contribution in [-0.4, -0.2) is 59.5 Å². The van der Waals surface area contributed by atoms with E-state index in [0.717, 1.165) is 50.5 Å². The molecule has 0 aliphatic carbocycles. The Morgan fingerprint density at radius 1 is 1.17 bits per heavy atom.